The Kier molecular flexibility index (Phi) is 3.42. The maximum Gasteiger partial charge on any atom is 0.192 e. The average Bonchev–Trinajstić information content (AvgIpc) is 2.70. The molecule has 17 heavy (non-hydrogen) atoms. The number of ether oxygens (including phenoxy) is 2. The summed E-state index contributed by atoms with van der Waals surface area (Å²) in [6, 6.07) is 0. The molecule has 0 aliphatic carbocycles. The number of rotatable bonds is 2. The van der Waals surface area contributed by atoms with Crippen molar-refractivity contribution < 1.29 is 19.0 Å². The minimum Gasteiger partial charge on any atom is -0.409 e. The van der Waals surface area contributed by atoms with E-state index in [0.717, 1.165) is 0 Å². The molecule has 0 amide bonds. The van der Waals surface area contributed by atoms with Crippen LogP contribution in [0.25, 0.3) is 0 Å². The molecule has 2 fully saturated rings. The maximum absolute atomic E-state index is 9.68. The van der Waals surface area contributed by atoms with Crippen LogP contribution < -0.4 is 0 Å². The lowest BCUT2D eigenvalue weighted by atomic mass is 10.1. The summed E-state index contributed by atoms with van der Waals surface area (Å²) in [5, 5.41) is 9.86. The molecule has 0 saturated carbocycles. The number of hydrogen-bond acceptors (Lipinski definition) is 4. The third kappa shape index (κ3) is 2.44. The van der Waals surface area contributed by atoms with E-state index in [1.807, 2.05) is 0 Å². The average molecular weight is 260 g/mol. The van der Waals surface area contributed by atoms with Crippen molar-refractivity contribution >= 4 is 8.32 Å². The van der Waals surface area contributed by atoms with E-state index in [4.69, 9.17) is 13.9 Å². The standard InChI is InChI=1S/C12H24O4Si/c1-12(2,3)17(4,5)16-9-7-15-10-8(13)6-14-11(9)10/h8-11,13H,6-7H2,1-5H3/t8-,9+,10+,11+/m0/s1. The van der Waals surface area contributed by atoms with Crippen molar-refractivity contribution in [2.75, 3.05) is 13.2 Å². The first-order valence-corrected chi connectivity index (χ1v) is 9.22. The van der Waals surface area contributed by atoms with Crippen LogP contribution in [0.2, 0.25) is 18.1 Å². The summed E-state index contributed by atoms with van der Waals surface area (Å²) in [4.78, 5) is 0. The smallest absolute Gasteiger partial charge is 0.192 e. The summed E-state index contributed by atoms with van der Waals surface area (Å²) in [6.45, 7) is 12.0. The van der Waals surface area contributed by atoms with Crippen molar-refractivity contribution in [2.45, 2.75) is 63.3 Å². The van der Waals surface area contributed by atoms with Gasteiger partial charge in [0.25, 0.3) is 0 Å². The number of aliphatic hydroxyl groups excluding tert-OH is 1. The molecule has 0 aromatic rings. The van der Waals surface area contributed by atoms with Crippen LogP contribution in [0.4, 0.5) is 0 Å². The minimum absolute atomic E-state index is 0.0157. The van der Waals surface area contributed by atoms with E-state index in [1.54, 1.807) is 0 Å². The molecular formula is C12H24O4Si. The van der Waals surface area contributed by atoms with E-state index in [2.05, 4.69) is 33.9 Å². The van der Waals surface area contributed by atoms with Gasteiger partial charge in [0.2, 0.25) is 0 Å². The zero-order chi connectivity index (χ0) is 12.8. The zero-order valence-corrected chi connectivity index (χ0v) is 12.4. The van der Waals surface area contributed by atoms with Crippen molar-refractivity contribution in [3.63, 3.8) is 0 Å². The van der Waals surface area contributed by atoms with Gasteiger partial charge in [0.1, 0.15) is 18.3 Å². The van der Waals surface area contributed by atoms with Gasteiger partial charge in [-0.25, -0.2) is 0 Å². The highest BCUT2D eigenvalue weighted by atomic mass is 28.4. The fraction of sp³-hybridized carbons (Fsp3) is 1.00. The number of fused-ring (bicyclic) bond motifs is 1. The molecule has 100 valence electrons. The molecule has 2 aliphatic rings. The zero-order valence-electron chi connectivity index (χ0n) is 11.4. The normalized spacial score (nSPS) is 38.5. The molecule has 5 heteroatoms. The van der Waals surface area contributed by atoms with Crippen LogP contribution in [0.5, 0.6) is 0 Å². The van der Waals surface area contributed by atoms with Crippen LogP contribution >= 0.6 is 0 Å². The van der Waals surface area contributed by atoms with Crippen LogP contribution in [0.15, 0.2) is 0 Å². The van der Waals surface area contributed by atoms with Crippen molar-refractivity contribution in [1.29, 1.82) is 0 Å². The summed E-state index contributed by atoms with van der Waals surface area (Å²) in [7, 11) is -1.79. The minimum atomic E-state index is -1.79. The predicted molar refractivity (Wildman–Crippen MR) is 67.6 cm³/mol. The highest BCUT2D eigenvalue weighted by molar-refractivity contribution is 6.74. The second-order valence-corrected chi connectivity index (χ2v) is 11.3. The first-order chi connectivity index (χ1) is 7.72. The van der Waals surface area contributed by atoms with Crippen molar-refractivity contribution in [1.82, 2.24) is 0 Å². The van der Waals surface area contributed by atoms with E-state index in [1.165, 1.54) is 0 Å². The third-order valence-corrected chi connectivity index (χ3v) is 8.74. The van der Waals surface area contributed by atoms with Crippen molar-refractivity contribution in [3.05, 3.63) is 0 Å². The monoisotopic (exact) mass is 260 g/mol. The summed E-state index contributed by atoms with van der Waals surface area (Å²) in [5.41, 5.74) is 0. The van der Waals surface area contributed by atoms with Gasteiger partial charge in [-0.3, -0.25) is 0 Å². The van der Waals surface area contributed by atoms with Crippen LogP contribution in [0, 0.1) is 0 Å². The summed E-state index contributed by atoms with van der Waals surface area (Å²) >= 11 is 0. The third-order valence-electron chi connectivity index (χ3n) is 4.23. The lowest BCUT2D eigenvalue weighted by Crippen LogP contribution is -2.47. The Bertz CT molecular complexity index is 287. The molecular weight excluding hydrogens is 236 g/mol. The van der Waals surface area contributed by atoms with Gasteiger partial charge in [0.15, 0.2) is 8.32 Å². The van der Waals surface area contributed by atoms with E-state index in [0.29, 0.717) is 13.2 Å². The number of hydrogen-bond donors (Lipinski definition) is 1. The molecule has 0 unspecified atom stereocenters. The van der Waals surface area contributed by atoms with E-state index >= 15 is 0 Å². The van der Waals surface area contributed by atoms with Gasteiger partial charge in [-0.05, 0) is 18.1 Å². The second kappa shape index (κ2) is 4.31. The van der Waals surface area contributed by atoms with Crippen LogP contribution in [0.3, 0.4) is 0 Å². The topological polar surface area (TPSA) is 47.9 Å². The van der Waals surface area contributed by atoms with Gasteiger partial charge in [-0.2, -0.15) is 0 Å². The first-order valence-electron chi connectivity index (χ1n) is 6.31. The molecule has 2 rings (SSSR count). The second-order valence-electron chi connectivity index (χ2n) is 6.58. The summed E-state index contributed by atoms with van der Waals surface area (Å²) in [6.07, 6.45) is -0.782. The van der Waals surface area contributed by atoms with Crippen molar-refractivity contribution in [3.8, 4) is 0 Å². The Balaban J connectivity index is 2.02. The molecule has 2 heterocycles. The molecule has 2 saturated heterocycles. The Morgan fingerprint density at radius 3 is 2.29 bits per heavy atom. The molecule has 1 N–H and O–H groups in total. The van der Waals surface area contributed by atoms with Gasteiger partial charge in [0, 0.05) is 0 Å². The van der Waals surface area contributed by atoms with Gasteiger partial charge in [-0.15, -0.1) is 0 Å². The van der Waals surface area contributed by atoms with Gasteiger partial charge < -0.3 is 19.0 Å². The largest absolute Gasteiger partial charge is 0.409 e. The van der Waals surface area contributed by atoms with Crippen LogP contribution in [-0.4, -0.2) is 51.1 Å². The summed E-state index contributed by atoms with van der Waals surface area (Å²) < 4.78 is 17.5. The quantitative estimate of drug-likeness (QED) is 0.765. The van der Waals surface area contributed by atoms with Gasteiger partial charge >= 0.3 is 0 Å². The SMILES string of the molecule is CC(C)(C)[Si](C)(C)O[C@@H]1CO[C@H]2[C@@H]1OC[C@@H]2O. The maximum atomic E-state index is 9.68. The van der Waals surface area contributed by atoms with Gasteiger partial charge in [-0.1, -0.05) is 20.8 Å². The lowest BCUT2D eigenvalue weighted by molar-refractivity contribution is 0.00562. The molecule has 0 aromatic heterocycles. The Hall–Kier alpha value is 0.0569. The predicted octanol–water partition coefficient (Wildman–Crippen LogP) is 1.54. The molecule has 4 nitrogen and oxygen atoms in total. The molecule has 0 spiro atoms. The first kappa shape index (κ1) is 13.5. The fourth-order valence-corrected chi connectivity index (χ4v) is 3.41. The van der Waals surface area contributed by atoms with E-state index in [9.17, 15) is 5.11 Å². The van der Waals surface area contributed by atoms with Crippen LogP contribution in [0.1, 0.15) is 20.8 Å². The molecule has 0 radical (unpaired) electrons. The Labute approximate surface area is 104 Å². The fourth-order valence-electron chi connectivity index (χ4n) is 2.10. The lowest BCUT2D eigenvalue weighted by Gasteiger charge is -2.39. The molecule has 2 aliphatic heterocycles. The highest BCUT2D eigenvalue weighted by Gasteiger charge is 2.50. The van der Waals surface area contributed by atoms with E-state index < -0.39 is 14.4 Å². The Morgan fingerprint density at radius 1 is 1.12 bits per heavy atom. The van der Waals surface area contributed by atoms with Crippen LogP contribution in [-0.2, 0) is 13.9 Å². The Morgan fingerprint density at radius 2 is 1.71 bits per heavy atom. The highest BCUT2D eigenvalue weighted by Crippen LogP contribution is 2.40. The molecule has 4 atom stereocenters. The van der Waals surface area contributed by atoms with E-state index in [-0.39, 0.29) is 23.4 Å². The molecule has 0 bridgehead atoms. The summed E-state index contributed by atoms with van der Waals surface area (Å²) in [5.74, 6) is 0. The van der Waals surface area contributed by atoms with Gasteiger partial charge in [0.05, 0.1) is 19.3 Å². The number of aliphatic hydroxyl groups is 1. The van der Waals surface area contributed by atoms with Crippen molar-refractivity contribution in [2.24, 2.45) is 0 Å². The molecule has 0 aromatic carbocycles.